The van der Waals surface area contributed by atoms with E-state index in [1.54, 1.807) is 16.8 Å². The molecule has 0 bridgehead atoms. The summed E-state index contributed by atoms with van der Waals surface area (Å²) < 4.78 is 6.94. The van der Waals surface area contributed by atoms with Gasteiger partial charge in [-0.2, -0.15) is 0 Å². The lowest BCUT2D eigenvalue weighted by Crippen LogP contribution is -2.34. The van der Waals surface area contributed by atoms with Crippen LogP contribution in [0.5, 0.6) is 11.5 Å². The highest BCUT2D eigenvalue weighted by molar-refractivity contribution is 7.19. The average molecular weight is 346 g/mol. The first-order valence-corrected chi connectivity index (χ1v) is 8.57. The number of hydrogen-bond acceptors (Lipinski definition) is 4. The number of methoxy groups -OCH3 is 1. The second kappa shape index (κ2) is 6.48. The smallest absolute Gasteiger partial charge is 0.260 e. The zero-order chi connectivity index (χ0) is 17.4. The van der Waals surface area contributed by atoms with Gasteiger partial charge in [0.25, 0.3) is 5.91 Å². The molecule has 0 fully saturated rings. The molecule has 1 N–H and O–H groups in total. The number of allylic oxidation sites excluding steroid dienone is 2. The van der Waals surface area contributed by atoms with Crippen LogP contribution in [0.25, 0.3) is 0 Å². The molecular formula is C18H23N2O3P. The number of phenols is 1. The standard InChI is InChI=1S/C18H23N2O3P/c1-11-8-12-6-4-5-7-14(12)20(11)18(22)13-9-17(23-3)16(21)10-15(13)19(2)24/h5,7,9-11,21H,4,6,8,24H2,1-3H3/t11-/m1/s1. The van der Waals surface area contributed by atoms with Crippen LogP contribution in [0.1, 0.15) is 36.5 Å². The van der Waals surface area contributed by atoms with Crippen molar-refractivity contribution in [3.8, 4) is 11.5 Å². The van der Waals surface area contributed by atoms with Crippen molar-refractivity contribution >= 4 is 21.0 Å². The average Bonchev–Trinajstić information content (AvgIpc) is 2.89. The third-order valence-corrected chi connectivity index (χ3v) is 4.90. The van der Waals surface area contributed by atoms with Crippen LogP contribution in [0.2, 0.25) is 0 Å². The second-order valence-electron chi connectivity index (χ2n) is 6.31. The largest absolute Gasteiger partial charge is 0.504 e. The number of aromatic hydroxyl groups is 1. The maximum atomic E-state index is 13.3. The summed E-state index contributed by atoms with van der Waals surface area (Å²) in [6.07, 6.45) is 7.17. The lowest BCUT2D eigenvalue weighted by Gasteiger charge is -2.27. The fraction of sp³-hybridized carbons (Fsp3) is 0.389. The Morgan fingerprint density at radius 1 is 1.46 bits per heavy atom. The summed E-state index contributed by atoms with van der Waals surface area (Å²) in [6.45, 7) is 2.08. The third kappa shape index (κ3) is 2.78. The first kappa shape index (κ1) is 16.8. The van der Waals surface area contributed by atoms with Crippen molar-refractivity contribution in [1.29, 1.82) is 0 Å². The number of carbonyl (C=O) groups is 1. The zero-order valence-corrected chi connectivity index (χ0v) is 15.4. The molecule has 1 amide bonds. The predicted molar refractivity (Wildman–Crippen MR) is 98.4 cm³/mol. The van der Waals surface area contributed by atoms with E-state index in [0.29, 0.717) is 17.0 Å². The third-order valence-electron chi connectivity index (χ3n) is 4.62. The van der Waals surface area contributed by atoms with Gasteiger partial charge in [0.15, 0.2) is 11.5 Å². The normalized spacial score (nSPS) is 19.5. The summed E-state index contributed by atoms with van der Waals surface area (Å²) in [7, 11) is 5.83. The van der Waals surface area contributed by atoms with Gasteiger partial charge in [-0.15, -0.1) is 0 Å². The van der Waals surface area contributed by atoms with E-state index in [2.05, 4.69) is 28.5 Å². The van der Waals surface area contributed by atoms with Gasteiger partial charge < -0.3 is 19.4 Å². The van der Waals surface area contributed by atoms with Crippen LogP contribution in [0, 0.1) is 0 Å². The number of hydrogen-bond donors (Lipinski definition) is 1. The van der Waals surface area contributed by atoms with Crippen LogP contribution in [-0.2, 0) is 0 Å². The van der Waals surface area contributed by atoms with E-state index < -0.39 is 0 Å². The summed E-state index contributed by atoms with van der Waals surface area (Å²) in [4.78, 5) is 15.2. The number of benzene rings is 1. The zero-order valence-electron chi connectivity index (χ0n) is 14.2. The van der Waals surface area contributed by atoms with Crippen LogP contribution in [0.3, 0.4) is 0 Å². The molecule has 3 rings (SSSR count). The van der Waals surface area contributed by atoms with Crippen molar-refractivity contribution in [2.24, 2.45) is 0 Å². The lowest BCUT2D eigenvalue weighted by atomic mass is 10.0. The maximum Gasteiger partial charge on any atom is 0.260 e. The summed E-state index contributed by atoms with van der Waals surface area (Å²) in [5, 5.41) is 10.0. The topological polar surface area (TPSA) is 53.0 Å². The molecule has 2 atom stereocenters. The van der Waals surface area contributed by atoms with E-state index in [1.807, 2.05) is 11.9 Å². The fourth-order valence-electron chi connectivity index (χ4n) is 3.46. The Bertz CT molecular complexity index is 740. The Balaban J connectivity index is 2.06. The van der Waals surface area contributed by atoms with Crippen molar-refractivity contribution < 1.29 is 14.6 Å². The number of carbonyl (C=O) groups excluding carboxylic acids is 1. The Hall–Kier alpha value is -2.00. The van der Waals surface area contributed by atoms with Gasteiger partial charge in [-0.25, -0.2) is 0 Å². The van der Waals surface area contributed by atoms with Crippen LogP contribution < -0.4 is 9.41 Å². The number of phenolic OH excluding ortho intramolecular Hbond substituents is 1. The molecule has 0 spiro atoms. The van der Waals surface area contributed by atoms with E-state index in [4.69, 9.17) is 4.74 Å². The molecular weight excluding hydrogens is 323 g/mol. The maximum absolute atomic E-state index is 13.3. The Labute approximate surface area is 144 Å². The minimum atomic E-state index is -0.0679. The molecule has 5 nitrogen and oxygen atoms in total. The Kier molecular flexibility index (Phi) is 4.55. The first-order valence-electron chi connectivity index (χ1n) is 8.05. The molecule has 1 aromatic carbocycles. The minimum absolute atomic E-state index is 0.0188. The van der Waals surface area contributed by atoms with E-state index in [9.17, 15) is 9.90 Å². The van der Waals surface area contributed by atoms with Gasteiger partial charge in [0.1, 0.15) is 0 Å². The highest BCUT2D eigenvalue weighted by Gasteiger charge is 2.34. The molecule has 128 valence electrons. The molecule has 0 saturated carbocycles. The van der Waals surface area contributed by atoms with Gasteiger partial charge in [-0.05, 0) is 53.3 Å². The molecule has 1 unspecified atom stereocenters. The van der Waals surface area contributed by atoms with Crippen molar-refractivity contribution in [3.63, 3.8) is 0 Å². The van der Waals surface area contributed by atoms with Crippen LogP contribution in [-0.4, -0.2) is 36.1 Å². The Morgan fingerprint density at radius 2 is 2.21 bits per heavy atom. The summed E-state index contributed by atoms with van der Waals surface area (Å²) in [5.41, 5.74) is 3.54. The van der Waals surface area contributed by atoms with Crippen molar-refractivity contribution in [3.05, 3.63) is 41.1 Å². The van der Waals surface area contributed by atoms with Gasteiger partial charge in [0, 0.05) is 24.9 Å². The van der Waals surface area contributed by atoms with E-state index >= 15 is 0 Å². The molecule has 0 aromatic heterocycles. The van der Waals surface area contributed by atoms with Crippen molar-refractivity contribution in [2.45, 2.75) is 32.2 Å². The number of rotatable bonds is 3. The molecule has 24 heavy (non-hydrogen) atoms. The monoisotopic (exact) mass is 346 g/mol. The van der Waals surface area contributed by atoms with Crippen LogP contribution in [0.15, 0.2) is 35.6 Å². The number of amides is 1. The summed E-state index contributed by atoms with van der Waals surface area (Å²) in [5.74, 6) is 0.251. The molecule has 2 aliphatic rings. The number of ether oxygens (including phenoxy) is 1. The minimum Gasteiger partial charge on any atom is -0.504 e. The second-order valence-corrected chi connectivity index (χ2v) is 7.08. The van der Waals surface area contributed by atoms with Gasteiger partial charge in [0.2, 0.25) is 0 Å². The van der Waals surface area contributed by atoms with Crippen molar-refractivity contribution in [1.82, 2.24) is 4.90 Å². The van der Waals surface area contributed by atoms with Crippen molar-refractivity contribution in [2.75, 3.05) is 18.8 Å². The highest BCUT2D eigenvalue weighted by atomic mass is 31.0. The Morgan fingerprint density at radius 3 is 2.88 bits per heavy atom. The van der Waals surface area contributed by atoms with E-state index in [0.717, 1.165) is 25.0 Å². The van der Waals surface area contributed by atoms with E-state index in [-0.39, 0.29) is 17.7 Å². The molecule has 1 aromatic rings. The number of anilines is 1. The summed E-state index contributed by atoms with van der Waals surface area (Å²) in [6, 6.07) is 3.31. The van der Waals surface area contributed by atoms with E-state index in [1.165, 1.54) is 12.7 Å². The molecule has 1 heterocycles. The molecule has 0 saturated heterocycles. The number of nitrogens with zero attached hydrogens (tertiary/aromatic N) is 2. The molecule has 1 aliphatic carbocycles. The molecule has 6 heteroatoms. The highest BCUT2D eigenvalue weighted by Crippen LogP contribution is 2.40. The SMILES string of the molecule is COc1cc(C(=O)N2C3=C(CCC=C3)C[C@H]2C)c(N(C)P)cc1O. The fourth-order valence-corrected chi connectivity index (χ4v) is 3.68. The van der Waals surface area contributed by atoms with Gasteiger partial charge in [0.05, 0.1) is 18.4 Å². The predicted octanol–water partition coefficient (Wildman–Crippen LogP) is 3.47. The summed E-state index contributed by atoms with van der Waals surface area (Å²) >= 11 is 0. The van der Waals surface area contributed by atoms with Crippen LogP contribution in [0.4, 0.5) is 5.69 Å². The van der Waals surface area contributed by atoms with Gasteiger partial charge in [-0.1, -0.05) is 6.08 Å². The van der Waals surface area contributed by atoms with Gasteiger partial charge in [-0.3, -0.25) is 4.79 Å². The van der Waals surface area contributed by atoms with Crippen LogP contribution >= 0.6 is 9.39 Å². The van der Waals surface area contributed by atoms with Gasteiger partial charge >= 0.3 is 0 Å². The quantitative estimate of drug-likeness (QED) is 0.852. The first-order chi connectivity index (χ1) is 11.4. The molecule has 1 aliphatic heterocycles. The molecule has 0 radical (unpaired) electrons. The lowest BCUT2D eigenvalue weighted by molar-refractivity contribution is 0.0782.